The van der Waals surface area contributed by atoms with E-state index in [2.05, 4.69) is 15.5 Å². The topological polar surface area (TPSA) is 103 Å². The highest BCUT2D eigenvalue weighted by atomic mass is 32.2. The molecule has 140 valence electrons. The summed E-state index contributed by atoms with van der Waals surface area (Å²) in [7, 11) is 1.88. The number of benzene rings is 1. The van der Waals surface area contributed by atoms with Crippen LogP contribution in [0.1, 0.15) is 16.3 Å². The Morgan fingerprint density at radius 1 is 1.37 bits per heavy atom. The summed E-state index contributed by atoms with van der Waals surface area (Å²) in [6, 6.07) is 8.39. The third-order valence-corrected chi connectivity index (χ3v) is 5.76. The Balaban J connectivity index is 1.58. The van der Waals surface area contributed by atoms with Crippen LogP contribution in [-0.4, -0.2) is 31.3 Å². The molecule has 0 aliphatic carbocycles. The van der Waals surface area contributed by atoms with Crippen LogP contribution in [0.5, 0.6) is 0 Å². The van der Waals surface area contributed by atoms with Crippen molar-refractivity contribution in [2.24, 2.45) is 7.05 Å². The average molecular weight is 403 g/mol. The smallest absolute Gasteiger partial charge is 0.269 e. The van der Waals surface area contributed by atoms with E-state index in [-0.39, 0.29) is 17.3 Å². The van der Waals surface area contributed by atoms with Crippen molar-refractivity contribution in [2.45, 2.75) is 18.5 Å². The van der Waals surface area contributed by atoms with Crippen molar-refractivity contribution in [3.8, 4) is 0 Å². The fourth-order valence-corrected chi connectivity index (χ4v) is 3.84. The molecule has 0 bridgehead atoms. The minimum absolute atomic E-state index is 0.00257. The number of non-ortho nitro benzene ring substituents is 1. The first-order valence-electron chi connectivity index (χ1n) is 8.02. The normalized spacial score (nSPS) is 10.7. The molecule has 2 heterocycles. The maximum Gasteiger partial charge on any atom is 0.269 e. The second kappa shape index (κ2) is 8.31. The number of nitrogens with one attached hydrogen (secondary N) is 1. The number of carbonyl (C=O) groups is 1. The summed E-state index contributed by atoms with van der Waals surface area (Å²) >= 11 is 2.96. The molecule has 0 spiro atoms. The number of thiophene rings is 1. The lowest BCUT2D eigenvalue weighted by molar-refractivity contribution is -0.384. The number of amides is 1. The second-order valence-corrected chi connectivity index (χ2v) is 7.78. The van der Waals surface area contributed by atoms with Crippen molar-refractivity contribution < 1.29 is 9.72 Å². The van der Waals surface area contributed by atoms with Crippen molar-refractivity contribution in [2.75, 3.05) is 11.1 Å². The SMILES string of the molecule is Cc1cc([N+](=O)[O-])ccc1NC(=O)CSc1nnc(Cc2cccs2)n1C. The van der Waals surface area contributed by atoms with Gasteiger partial charge < -0.3 is 9.88 Å². The second-order valence-electron chi connectivity index (χ2n) is 5.81. The van der Waals surface area contributed by atoms with Gasteiger partial charge in [-0.2, -0.15) is 0 Å². The van der Waals surface area contributed by atoms with Crippen molar-refractivity contribution in [3.05, 3.63) is 62.1 Å². The molecule has 0 saturated carbocycles. The lowest BCUT2D eigenvalue weighted by Gasteiger charge is -2.08. The molecule has 3 rings (SSSR count). The van der Waals surface area contributed by atoms with Gasteiger partial charge in [-0.3, -0.25) is 14.9 Å². The van der Waals surface area contributed by atoms with Crippen LogP contribution in [0, 0.1) is 17.0 Å². The zero-order valence-corrected chi connectivity index (χ0v) is 16.3. The van der Waals surface area contributed by atoms with E-state index in [4.69, 9.17) is 0 Å². The fraction of sp³-hybridized carbons (Fsp3) is 0.235. The number of aromatic nitrogens is 3. The van der Waals surface area contributed by atoms with E-state index in [1.807, 2.05) is 29.1 Å². The van der Waals surface area contributed by atoms with Crippen LogP contribution in [0.25, 0.3) is 0 Å². The Hall–Kier alpha value is -2.72. The molecule has 0 radical (unpaired) electrons. The van der Waals surface area contributed by atoms with E-state index in [0.29, 0.717) is 22.8 Å². The molecule has 2 aromatic heterocycles. The summed E-state index contributed by atoms with van der Waals surface area (Å²) in [5, 5.41) is 24.6. The summed E-state index contributed by atoms with van der Waals surface area (Å²) in [6.07, 6.45) is 0.704. The molecule has 0 fully saturated rings. The van der Waals surface area contributed by atoms with Crippen LogP contribution in [0.3, 0.4) is 0 Å². The van der Waals surface area contributed by atoms with Gasteiger partial charge in [0, 0.05) is 36.2 Å². The molecule has 1 N–H and O–H groups in total. The number of hydrogen-bond acceptors (Lipinski definition) is 7. The molecule has 10 heteroatoms. The lowest BCUT2D eigenvalue weighted by atomic mass is 10.2. The maximum absolute atomic E-state index is 12.2. The quantitative estimate of drug-likeness (QED) is 0.368. The van der Waals surface area contributed by atoms with Gasteiger partial charge in [-0.25, -0.2) is 0 Å². The van der Waals surface area contributed by atoms with Crippen LogP contribution in [0.2, 0.25) is 0 Å². The van der Waals surface area contributed by atoms with Crippen molar-refractivity contribution in [3.63, 3.8) is 0 Å². The molecule has 8 nitrogen and oxygen atoms in total. The number of anilines is 1. The number of nitrogens with zero attached hydrogens (tertiary/aromatic N) is 4. The molecule has 0 aliphatic rings. The van der Waals surface area contributed by atoms with Crippen molar-refractivity contribution >= 4 is 40.4 Å². The van der Waals surface area contributed by atoms with E-state index >= 15 is 0 Å². The third-order valence-electron chi connectivity index (χ3n) is 3.86. The van der Waals surface area contributed by atoms with Gasteiger partial charge in [0.05, 0.1) is 10.7 Å². The summed E-state index contributed by atoms with van der Waals surface area (Å²) in [6.45, 7) is 1.72. The van der Waals surface area contributed by atoms with E-state index in [1.54, 1.807) is 18.3 Å². The molecule has 3 aromatic rings. The zero-order valence-electron chi connectivity index (χ0n) is 14.7. The molecular weight excluding hydrogens is 386 g/mol. The standard InChI is InChI=1S/C17H17N5O3S2/c1-11-8-12(22(24)25)5-6-14(11)18-16(23)10-27-17-20-19-15(21(17)2)9-13-4-3-7-26-13/h3-8H,9-10H2,1-2H3,(H,18,23). The molecule has 0 saturated heterocycles. The summed E-state index contributed by atoms with van der Waals surface area (Å²) < 4.78 is 1.88. The minimum Gasteiger partial charge on any atom is -0.325 e. The van der Waals surface area contributed by atoms with Crippen LogP contribution in [0.4, 0.5) is 11.4 Å². The van der Waals surface area contributed by atoms with E-state index in [9.17, 15) is 14.9 Å². The first-order chi connectivity index (χ1) is 12.9. The molecule has 0 unspecified atom stereocenters. The molecule has 1 amide bonds. The highest BCUT2D eigenvalue weighted by Gasteiger charge is 2.14. The van der Waals surface area contributed by atoms with Crippen LogP contribution >= 0.6 is 23.1 Å². The predicted octanol–water partition coefficient (Wildman–Crippen LogP) is 3.41. The number of nitro groups is 1. The number of nitro benzene ring substituents is 1. The van der Waals surface area contributed by atoms with E-state index in [0.717, 1.165) is 5.82 Å². The van der Waals surface area contributed by atoms with E-state index in [1.165, 1.54) is 34.8 Å². The Kier molecular flexibility index (Phi) is 5.87. The average Bonchev–Trinajstić information content (AvgIpc) is 3.26. The largest absolute Gasteiger partial charge is 0.325 e. The van der Waals surface area contributed by atoms with Gasteiger partial charge >= 0.3 is 0 Å². The fourth-order valence-electron chi connectivity index (χ4n) is 2.41. The highest BCUT2D eigenvalue weighted by Crippen LogP contribution is 2.23. The number of rotatable bonds is 7. The predicted molar refractivity (Wildman–Crippen MR) is 105 cm³/mol. The van der Waals surface area contributed by atoms with Gasteiger partial charge in [0.2, 0.25) is 5.91 Å². The summed E-state index contributed by atoms with van der Waals surface area (Å²) in [5.74, 6) is 0.799. The molecule has 27 heavy (non-hydrogen) atoms. The first-order valence-corrected chi connectivity index (χ1v) is 9.89. The Morgan fingerprint density at radius 3 is 2.85 bits per heavy atom. The molecule has 0 aliphatic heterocycles. The van der Waals surface area contributed by atoms with Gasteiger partial charge in [0.25, 0.3) is 5.69 Å². The van der Waals surface area contributed by atoms with Gasteiger partial charge in [-0.05, 0) is 30.0 Å². The molecule has 0 atom stereocenters. The van der Waals surface area contributed by atoms with Gasteiger partial charge in [-0.15, -0.1) is 21.5 Å². The molecule has 1 aromatic carbocycles. The zero-order chi connectivity index (χ0) is 19.4. The van der Waals surface area contributed by atoms with Crippen LogP contribution in [0.15, 0.2) is 40.9 Å². The Bertz CT molecular complexity index is 969. The third kappa shape index (κ3) is 4.72. The number of hydrogen-bond donors (Lipinski definition) is 1. The first kappa shape index (κ1) is 19.1. The number of thioether (sulfide) groups is 1. The minimum atomic E-state index is -0.462. The lowest BCUT2D eigenvalue weighted by Crippen LogP contribution is -2.15. The van der Waals surface area contributed by atoms with Gasteiger partial charge in [-0.1, -0.05) is 17.8 Å². The van der Waals surface area contributed by atoms with Crippen molar-refractivity contribution in [1.82, 2.24) is 14.8 Å². The van der Waals surface area contributed by atoms with Crippen molar-refractivity contribution in [1.29, 1.82) is 0 Å². The van der Waals surface area contributed by atoms with E-state index < -0.39 is 4.92 Å². The monoisotopic (exact) mass is 403 g/mol. The Morgan fingerprint density at radius 2 is 2.19 bits per heavy atom. The van der Waals surface area contributed by atoms with Crippen LogP contribution < -0.4 is 5.32 Å². The maximum atomic E-state index is 12.2. The number of carbonyl (C=O) groups excluding carboxylic acids is 1. The molecular formula is C17H17N5O3S2. The van der Waals surface area contributed by atoms with Gasteiger partial charge in [0.1, 0.15) is 5.82 Å². The summed E-state index contributed by atoms with van der Waals surface area (Å²) in [5.41, 5.74) is 1.19. The highest BCUT2D eigenvalue weighted by molar-refractivity contribution is 7.99. The summed E-state index contributed by atoms with van der Waals surface area (Å²) in [4.78, 5) is 23.7. The number of aryl methyl sites for hydroxylation is 1. The van der Waals surface area contributed by atoms with Gasteiger partial charge in [0.15, 0.2) is 5.16 Å². The van der Waals surface area contributed by atoms with Crippen LogP contribution in [-0.2, 0) is 18.3 Å². The Labute approximate surface area is 163 Å².